The Balaban J connectivity index is 0.00000196. The number of carbonyl (C=O) groups is 1. The SMILES string of the molecule is CCn1cc(CCC(=O)OC)[n+](C)c1.[Br-]. The minimum absolute atomic E-state index is 0. The van der Waals surface area contributed by atoms with Gasteiger partial charge in [-0.05, 0) is 6.92 Å². The fourth-order valence-corrected chi connectivity index (χ4v) is 1.36. The van der Waals surface area contributed by atoms with Crippen molar-refractivity contribution in [2.45, 2.75) is 26.3 Å². The van der Waals surface area contributed by atoms with Crippen molar-refractivity contribution in [3.05, 3.63) is 18.2 Å². The van der Waals surface area contributed by atoms with Gasteiger partial charge in [-0.15, -0.1) is 0 Å². The lowest BCUT2D eigenvalue weighted by molar-refractivity contribution is -0.678. The van der Waals surface area contributed by atoms with Gasteiger partial charge in [0.25, 0.3) is 0 Å². The number of ether oxygens (including phenoxy) is 1. The van der Waals surface area contributed by atoms with E-state index in [-0.39, 0.29) is 23.0 Å². The van der Waals surface area contributed by atoms with Gasteiger partial charge in [0.1, 0.15) is 11.9 Å². The molecule has 4 nitrogen and oxygen atoms in total. The monoisotopic (exact) mass is 276 g/mol. The van der Waals surface area contributed by atoms with E-state index >= 15 is 0 Å². The molecule has 1 rings (SSSR count). The molecule has 0 aliphatic rings. The van der Waals surface area contributed by atoms with E-state index in [9.17, 15) is 4.79 Å². The van der Waals surface area contributed by atoms with Gasteiger partial charge in [0.15, 0.2) is 0 Å². The molecule has 1 aromatic heterocycles. The summed E-state index contributed by atoms with van der Waals surface area (Å²) in [7, 11) is 3.40. The van der Waals surface area contributed by atoms with Crippen molar-refractivity contribution in [1.82, 2.24) is 4.57 Å². The van der Waals surface area contributed by atoms with Crippen molar-refractivity contribution in [3.63, 3.8) is 0 Å². The molecule has 0 saturated heterocycles. The zero-order valence-corrected chi connectivity index (χ0v) is 11.0. The van der Waals surface area contributed by atoms with E-state index in [2.05, 4.69) is 22.4 Å². The molecule has 0 aromatic carbocycles. The number of hydrogen-bond acceptors (Lipinski definition) is 2. The zero-order chi connectivity index (χ0) is 10.6. The lowest BCUT2D eigenvalue weighted by atomic mass is 10.2. The number of methoxy groups -OCH3 is 1. The van der Waals surface area contributed by atoms with Crippen molar-refractivity contribution >= 4 is 5.97 Å². The smallest absolute Gasteiger partial charge is 0.305 e. The highest BCUT2D eigenvalue weighted by Gasteiger charge is 2.10. The average Bonchev–Trinajstić information content (AvgIpc) is 2.55. The fourth-order valence-electron chi connectivity index (χ4n) is 1.36. The van der Waals surface area contributed by atoms with Gasteiger partial charge < -0.3 is 21.7 Å². The van der Waals surface area contributed by atoms with E-state index < -0.39 is 0 Å². The first kappa shape index (κ1) is 14.2. The van der Waals surface area contributed by atoms with E-state index in [0.717, 1.165) is 18.7 Å². The van der Waals surface area contributed by atoms with Crippen molar-refractivity contribution in [3.8, 4) is 0 Å². The summed E-state index contributed by atoms with van der Waals surface area (Å²) in [5.74, 6) is -0.158. The highest BCUT2D eigenvalue weighted by atomic mass is 79.9. The summed E-state index contributed by atoms with van der Waals surface area (Å²) in [5.41, 5.74) is 1.15. The Morgan fingerprint density at radius 2 is 2.27 bits per heavy atom. The van der Waals surface area contributed by atoms with Crippen LogP contribution in [0.15, 0.2) is 12.5 Å². The number of rotatable bonds is 4. The maximum absolute atomic E-state index is 10.9. The number of esters is 1. The molecule has 0 aliphatic heterocycles. The van der Waals surface area contributed by atoms with E-state index in [1.807, 2.05) is 17.9 Å². The van der Waals surface area contributed by atoms with Crippen LogP contribution in [-0.2, 0) is 29.5 Å². The molecule has 0 atom stereocenters. The molecule has 86 valence electrons. The lowest BCUT2D eigenvalue weighted by Gasteiger charge is -1.96. The molecule has 15 heavy (non-hydrogen) atoms. The number of halogens is 1. The van der Waals surface area contributed by atoms with E-state index in [4.69, 9.17) is 0 Å². The first-order valence-electron chi connectivity index (χ1n) is 4.78. The highest BCUT2D eigenvalue weighted by Crippen LogP contribution is 1.99. The number of aromatic nitrogens is 2. The molecule has 0 spiro atoms. The predicted octanol–water partition coefficient (Wildman–Crippen LogP) is -2.56. The second-order valence-electron chi connectivity index (χ2n) is 3.25. The molecule has 0 saturated carbocycles. The van der Waals surface area contributed by atoms with Gasteiger partial charge >= 0.3 is 5.97 Å². The standard InChI is InChI=1S/C10H17N2O2.BrH/c1-4-12-7-9(11(2)8-12)5-6-10(13)14-3;/h7-8H,4-6H2,1-3H3;1H/q+1;/p-1. The molecule has 0 N–H and O–H groups in total. The second kappa shape index (κ2) is 6.61. The highest BCUT2D eigenvalue weighted by molar-refractivity contribution is 5.69. The van der Waals surface area contributed by atoms with Crippen LogP contribution in [0.5, 0.6) is 0 Å². The molecule has 1 aromatic rings. The third-order valence-electron chi connectivity index (χ3n) is 2.27. The van der Waals surface area contributed by atoms with Gasteiger partial charge in [0.2, 0.25) is 6.33 Å². The predicted molar refractivity (Wildman–Crippen MR) is 51.6 cm³/mol. The molecule has 5 heteroatoms. The van der Waals surface area contributed by atoms with Gasteiger partial charge in [-0.25, -0.2) is 9.13 Å². The Kier molecular flexibility index (Phi) is 6.24. The van der Waals surface area contributed by atoms with Crippen molar-refractivity contribution in [1.29, 1.82) is 0 Å². The molecule has 0 amide bonds. The largest absolute Gasteiger partial charge is 1.00 e. The molecule has 0 aliphatic carbocycles. The summed E-state index contributed by atoms with van der Waals surface area (Å²) in [5, 5.41) is 0. The zero-order valence-electron chi connectivity index (χ0n) is 9.36. The van der Waals surface area contributed by atoms with Gasteiger partial charge in [-0.1, -0.05) is 0 Å². The topological polar surface area (TPSA) is 35.1 Å². The molecular weight excluding hydrogens is 260 g/mol. The Bertz CT molecular complexity index is 323. The van der Waals surface area contributed by atoms with Crippen LogP contribution in [0, 0.1) is 0 Å². The maximum atomic E-state index is 10.9. The normalized spacial score (nSPS) is 9.53. The molecule has 0 unspecified atom stereocenters. The van der Waals surface area contributed by atoms with Crippen molar-refractivity contribution in [2.24, 2.45) is 7.05 Å². The van der Waals surface area contributed by atoms with E-state index in [1.165, 1.54) is 7.11 Å². The molecule has 0 radical (unpaired) electrons. The van der Waals surface area contributed by atoms with Crippen LogP contribution in [0.4, 0.5) is 0 Å². The van der Waals surface area contributed by atoms with E-state index in [0.29, 0.717) is 6.42 Å². The summed E-state index contributed by atoms with van der Waals surface area (Å²) in [6.07, 6.45) is 5.25. The summed E-state index contributed by atoms with van der Waals surface area (Å²) >= 11 is 0. The average molecular weight is 277 g/mol. The van der Waals surface area contributed by atoms with Gasteiger partial charge in [-0.2, -0.15) is 0 Å². The molecule has 0 fully saturated rings. The summed E-state index contributed by atoms with van der Waals surface area (Å²) in [6, 6.07) is 0. The third kappa shape index (κ3) is 4.03. The fraction of sp³-hybridized carbons (Fsp3) is 0.600. The number of hydrogen-bond donors (Lipinski definition) is 0. The van der Waals surface area contributed by atoms with Gasteiger partial charge in [0.05, 0.1) is 27.1 Å². The number of carbonyl (C=O) groups excluding carboxylic acids is 1. The van der Waals surface area contributed by atoms with Crippen LogP contribution >= 0.6 is 0 Å². The Morgan fingerprint density at radius 1 is 1.60 bits per heavy atom. The number of nitrogens with zero attached hydrogens (tertiary/aromatic N) is 2. The Labute approximate surface area is 101 Å². The van der Waals surface area contributed by atoms with Crippen LogP contribution < -0.4 is 21.5 Å². The lowest BCUT2D eigenvalue weighted by Crippen LogP contribution is -3.00. The number of imidazole rings is 1. The maximum Gasteiger partial charge on any atom is 0.305 e. The minimum Gasteiger partial charge on any atom is -1.00 e. The number of aryl methyl sites for hydroxylation is 3. The quantitative estimate of drug-likeness (QED) is 0.448. The molecule has 1 heterocycles. The van der Waals surface area contributed by atoms with Crippen LogP contribution in [0.2, 0.25) is 0 Å². The molecule has 0 bridgehead atoms. The third-order valence-corrected chi connectivity index (χ3v) is 2.27. The van der Waals surface area contributed by atoms with Crippen LogP contribution in [0.25, 0.3) is 0 Å². The van der Waals surface area contributed by atoms with Gasteiger partial charge in [-0.3, -0.25) is 4.79 Å². The van der Waals surface area contributed by atoms with Crippen LogP contribution in [0.3, 0.4) is 0 Å². The second-order valence-corrected chi connectivity index (χ2v) is 3.25. The summed E-state index contributed by atoms with van der Waals surface area (Å²) in [4.78, 5) is 10.9. The first-order valence-corrected chi connectivity index (χ1v) is 4.78. The van der Waals surface area contributed by atoms with Crippen molar-refractivity contribution < 1.29 is 31.1 Å². The Morgan fingerprint density at radius 3 is 2.73 bits per heavy atom. The van der Waals surface area contributed by atoms with Crippen LogP contribution in [0.1, 0.15) is 19.0 Å². The van der Waals surface area contributed by atoms with Crippen molar-refractivity contribution in [2.75, 3.05) is 7.11 Å². The van der Waals surface area contributed by atoms with Gasteiger partial charge in [0, 0.05) is 6.42 Å². The minimum atomic E-state index is -0.158. The molecular formula is C10H17BrN2O2. The van der Waals surface area contributed by atoms with E-state index in [1.54, 1.807) is 0 Å². The Hall–Kier alpha value is -0.840. The summed E-state index contributed by atoms with van der Waals surface area (Å²) in [6.45, 7) is 3.04. The van der Waals surface area contributed by atoms with Crippen LogP contribution in [-0.4, -0.2) is 17.6 Å². The summed E-state index contributed by atoms with van der Waals surface area (Å²) < 4.78 is 8.71. The first-order chi connectivity index (χ1) is 6.67.